The minimum atomic E-state index is -0.488. The van der Waals surface area contributed by atoms with Crippen molar-refractivity contribution in [2.45, 2.75) is 32.7 Å². The lowest BCUT2D eigenvalue weighted by molar-refractivity contribution is 0.526. The standard InChI is InChI=1S/C10H17N5O2/c1-2-3-4-5-11-15-8-7(6-12-15)9(16)14-10(17)13-8/h11-12H,2-6H2,1H3,(H2,13,14,16,17). The van der Waals surface area contributed by atoms with Crippen molar-refractivity contribution in [3.63, 3.8) is 0 Å². The molecule has 1 aliphatic rings. The lowest BCUT2D eigenvalue weighted by Crippen LogP contribution is -2.45. The van der Waals surface area contributed by atoms with Crippen molar-refractivity contribution in [2.24, 2.45) is 0 Å². The predicted molar refractivity (Wildman–Crippen MR) is 64.5 cm³/mol. The number of nitrogens with zero attached hydrogens (tertiary/aromatic N) is 1. The van der Waals surface area contributed by atoms with E-state index >= 15 is 0 Å². The van der Waals surface area contributed by atoms with E-state index in [1.807, 2.05) is 0 Å². The summed E-state index contributed by atoms with van der Waals surface area (Å²) in [5.74, 6) is 0.509. The zero-order valence-corrected chi connectivity index (χ0v) is 9.80. The fraction of sp³-hybridized carbons (Fsp3) is 0.600. The Balaban J connectivity index is 2.06. The summed E-state index contributed by atoms with van der Waals surface area (Å²) in [7, 11) is 0. The Morgan fingerprint density at radius 3 is 2.88 bits per heavy atom. The molecule has 7 heteroatoms. The van der Waals surface area contributed by atoms with Crippen molar-refractivity contribution in [1.29, 1.82) is 0 Å². The van der Waals surface area contributed by atoms with Crippen molar-refractivity contribution >= 4 is 5.82 Å². The van der Waals surface area contributed by atoms with E-state index in [1.54, 1.807) is 5.12 Å². The molecule has 2 rings (SSSR count). The van der Waals surface area contributed by atoms with E-state index in [0.717, 1.165) is 25.8 Å². The third-order valence-electron chi connectivity index (χ3n) is 2.71. The van der Waals surface area contributed by atoms with Crippen LogP contribution in [0.1, 0.15) is 31.7 Å². The van der Waals surface area contributed by atoms with Crippen molar-refractivity contribution in [3.8, 4) is 0 Å². The first-order valence-corrected chi connectivity index (χ1v) is 5.85. The SMILES string of the molecule is CCCCCNN1NCc2c1[nH]c(=O)[nH]c2=O. The average Bonchev–Trinajstić information content (AvgIpc) is 2.68. The molecule has 0 spiro atoms. The molecule has 1 aromatic rings. The molecule has 0 amide bonds. The number of aromatic amines is 2. The van der Waals surface area contributed by atoms with Gasteiger partial charge in [-0.2, -0.15) is 0 Å². The molecule has 0 aromatic carbocycles. The third kappa shape index (κ3) is 2.56. The molecular weight excluding hydrogens is 222 g/mol. The number of hydrazine groups is 2. The molecule has 0 bridgehead atoms. The molecule has 1 aromatic heterocycles. The van der Waals surface area contributed by atoms with Gasteiger partial charge in [-0.25, -0.2) is 20.8 Å². The Kier molecular flexibility index (Phi) is 3.60. The van der Waals surface area contributed by atoms with E-state index in [9.17, 15) is 9.59 Å². The number of H-pyrrole nitrogens is 2. The molecule has 0 atom stereocenters. The second kappa shape index (κ2) is 5.15. The summed E-state index contributed by atoms with van der Waals surface area (Å²) in [6.45, 7) is 3.36. The normalized spacial score (nSPS) is 14.1. The molecule has 0 saturated heterocycles. The summed E-state index contributed by atoms with van der Waals surface area (Å²) < 4.78 is 0. The van der Waals surface area contributed by atoms with Crippen LogP contribution in [0.5, 0.6) is 0 Å². The molecule has 17 heavy (non-hydrogen) atoms. The lowest BCUT2D eigenvalue weighted by atomic mass is 10.2. The van der Waals surface area contributed by atoms with E-state index in [2.05, 4.69) is 27.7 Å². The summed E-state index contributed by atoms with van der Waals surface area (Å²) in [5.41, 5.74) is 5.85. The van der Waals surface area contributed by atoms with Crippen molar-refractivity contribution in [1.82, 2.24) is 20.8 Å². The number of nitrogens with one attached hydrogen (secondary N) is 4. The van der Waals surface area contributed by atoms with Crippen LogP contribution in [0.4, 0.5) is 5.82 Å². The zero-order chi connectivity index (χ0) is 12.3. The predicted octanol–water partition coefficient (Wildman–Crippen LogP) is -0.417. The van der Waals surface area contributed by atoms with Crippen LogP contribution in [0.3, 0.4) is 0 Å². The fourth-order valence-corrected chi connectivity index (χ4v) is 1.79. The van der Waals surface area contributed by atoms with Crippen molar-refractivity contribution < 1.29 is 0 Å². The Morgan fingerprint density at radius 2 is 2.12 bits per heavy atom. The van der Waals surface area contributed by atoms with Gasteiger partial charge in [-0.05, 0) is 6.42 Å². The summed E-state index contributed by atoms with van der Waals surface area (Å²) in [4.78, 5) is 27.5. The first-order valence-electron chi connectivity index (χ1n) is 5.85. The Hall–Kier alpha value is -1.60. The maximum Gasteiger partial charge on any atom is 0.327 e. The summed E-state index contributed by atoms with van der Waals surface area (Å²) in [6, 6.07) is 0. The molecule has 0 unspecified atom stereocenters. The van der Waals surface area contributed by atoms with Gasteiger partial charge in [0, 0.05) is 6.54 Å². The zero-order valence-electron chi connectivity index (χ0n) is 9.80. The number of unbranched alkanes of at least 4 members (excludes halogenated alkanes) is 2. The van der Waals surface area contributed by atoms with Gasteiger partial charge in [-0.1, -0.05) is 19.8 Å². The highest BCUT2D eigenvalue weighted by Gasteiger charge is 2.22. The van der Waals surface area contributed by atoms with Crippen molar-refractivity contribution in [2.75, 3.05) is 11.7 Å². The molecule has 4 N–H and O–H groups in total. The van der Waals surface area contributed by atoms with E-state index in [-0.39, 0.29) is 5.56 Å². The summed E-state index contributed by atoms with van der Waals surface area (Å²) >= 11 is 0. The van der Waals surface area contributed by atoms with E-state index in [1.165, 1.54) is 0 Å². The molecule has 0 saturated carbocycles. The molecule has 1 aliphatic heterocycles. The first kappa shape index (κ1) is 11.9. The third-order valence-corrected chi connectivity index (χ3v) is 2.71. The van der Waals surface area contributed by atoms with Crippen molar-refractivity contribution in [3.05, 3.63) is 26.4 Å². The lowest BCUT2D eigenvalue weighted by Gasteiger charge is -2.19. The van der Waals surface area contributed by atoms with Crippen LogP contribution in [0, 0.1) is 0 Å². The van der Waals surface area contributed by atoms with E-state index < -0.39 is 5.69 Å². The van der Waals surface area contributed by atoms with E-state index in [0.29, 0.717) is 17.9 Å². The number of hydrogen-bond acceptors (Lipinski definition) is 5. The van der Waals surface area contributed by atoms with Gasteiger partial charge < -0.3 is 0 Å². The number of fused-ring (bicyclic) bond motifs is 1. The number of rotatable bonds is 5. The van der Waals surface area contributed by atoms with Gasteiger partial charge in [0.2, 0.25) is 0 Å². The largest absolute Gasteiger partial charge is 0.327 e. The first-order chi connectivity index (χ1) is 8.22. The van der Waals surface area contributed by atoms with Gasteiger partial charge in [-0.3, -0.25) is 14.8 Å². The highest BCUT2D eigenvalue weighted by Crippen LogP contribution is 2.14. The van der Waals surface area contributed by atoms with Crippen LogP contribution in [0.25, 0.3) is 0 Å². The van der Waals surface area contributed by atoms with Crippen LogP contribution in [-0.4, -0.2) is 16.5 Å². The molecule has 0 fully saturated rings. The number of hydrogen-bond donors (Lipinski definition) is 4. The monoisotopic (exact) mass is 239 g/mol. The molecule has 94 valence electrons. The second-order valence-electron chi connectivity index (χ2n) is 4.02. The number of aromatic nitrogens is 2. The van der Waals surface area contributed by atoms with Crippen LogP contribution in [-0.2, 0) is 6.54 Å². The van der Waals surface area contributed by atoms with Gasteiger partial charge in [-0.15, -0.1) is 0 Å². The Bertz CT molecular complexity index is 492. The van der Waals surface area contributed by atoms with Gasteiger partial charge in [0.25, 0.3) is 5.56 Å². The quantitative estimate of drug-likeness (QED) is 0.524. The highest BCUT2D eigenvalue weighted by molar-refractivity contribution is 5.46. The van der Waals surface area contributed by atoms with E-state index in [4.69, 9.17) is 0 Å². The molecule has 0 aliphatic carbocycles. The molecule has 0 radical (unpaired) electrons. The smallest absolute Gasteiger partial charge is 0.291 e. The minimum absolute atomic E-state index is 0.339. The van der Waals surface area contributed by atoms with Gasteiger partial charge in [0.05, 0.1) is 12.1 Å². The van der Waals surface area contributed by atoms with Crippen LogP contribution in [0.15, 0.2) is 9.59 Å². The Morgan fingerprint density at radius 1 is 1.29 bits per heavy atom. The van der Waals surface area contributed by atoms with Gasteiger partial charge in [0.15, 0.2) is 5.82 Å². The topological polar surface area (TPSA) is 93.0 Å². The van der Waals surface area contributed by atoms with Crippen LogP contribution in [0.2, 0.25) is 0 Å². The van der Waals surface area contributed by atoms with Crippen LogP contribution < -0.4 is 27.2 Å². The minimum Gasteiger partial charge on any atom is -0.291 e. The average molecular weight is 239 g/mol. The molecule has 7 nitrogen and oxygen atoms in total. The molecule has 2 heterocycles. The van der Waals surface area contributed by atoms with Crippen LogP contribution >= 0.6 is 0 Å². The summed E-state index contributed by atoms with van der Waals surface area (Å²) in [5, 5.41) is 1.61. The molecular formula is C10H17N5O2. The van der Waals surface area contributed by atoms with Gasteiger partial charge >= 0.3 is 5.69 Å². The highest BCUT2D eigenvalue weighted by atomic mass is 16.2. The second-order valence-corrected chi connectivity index (χ2v) is 4.02. The summed E-state index contributed by atoms with van der Waals surface area (Å²) in [6.07, 6.45) is 3.36. The maximum absolute atomic E-state index is 11.5. The number of anilines is 1. The Labute approximate surface area is 98.2 Å². The maximum atomic E-state index is 11.5. The van der Waals surface area contributed by atoms with Gasteiger partial charge in [0.1, 0.15) is 0 Å². The fourth-order valence-electron chi connectivity index (χ4n) is 1.79.